The number of benzene rings is 2. The molecule has 1 nitrogen and oxygen atoms in total. The Hall–Kier alpha value is -1.89. The van der Waals surface area contributed by atoms with Crippen LogP contribution in [0.2, 0.25) is 0 Å². The van der Waals surface area contributed by atoms with E-state index in [0.29, 0.717) is 0 Å². The zero-order valence-electron chi connectivity index (χ0n) is 12.1. The Balaban J connectivity index is 2.27. The number of rotatable bonds is 1. The molecular weight excluding hydrogens is 230 g/mol. The number of para-hydroxylation sites is 1. The van der Waals surface area contributed by atoms with E-state index in [2.05, 4.69) is 80.9 Å². The molecule has 1 heterocycles. The van der Waals surface area contributed by atoms with E-state index in [0.717, 1.165) is 0 Å². The van der Waals surface area contributed by atoms with Crippen molar-refractivity contribution in [3.05, 3.63) is 65.2 Å². The second-order valence-electron chi connectivity index (χ2n) is 5.65. The molecule has 0 amide bonds. The van der Waals surface area contributed by atoms with Gasteiger partial charge in [0.2, 0.25) is 5.69 Å². The Morgan fingerprint density at radius 1 is 0.895 bits per heavy atom. The van der Waals surface area contributed by atoms with Gasteiger partial charge in [-0.3, -0.25) is 0 Å². The summed E-state index contributed by atoms with van der Waals surface area (Å²) in [5.74, 6) is 0. The predicted octanol–water partition coefficient (Wildman–Crippen LogP) is 4.05. The van der Waals surface area contributed by atoms with Crippen LogP contribution >= 0.6 is 0 Å². The Morgan fingerprint density at radius 3 is 2.21 bits per heavy atom. The van der Waals surface area contributed by atoms with Crippen LogP contribution in [0.4, 0.5) is 5.69 Å². The molecule has 1 aliphatic rings. The van der Waals surface area contributed by atoms with Crippen LogP contribution in [0.15, 0.2) is 48.5 Å². The third-order valence-electron chi connectivity index (χ3n) is 4.66. The van der Waals surface area contributed by atoms with Gasteiger partial charge in [-0.05, 0) is 19.4 Å². The third-order valence-corrected chi connectivity index (χ3v) is 4.66. The quantitative estimate of drug-likeness (QED) is 0.672. The maximum atomic E-state index is 2.33. The first-order valence-corrected chi connectivity index (χ1v) is 6.79. The molecule has 0 saturated heterocycles. The van der Waals surface area contributed by atoms with Crippen molar-refractivity contribution in [3.63, 3.8) is 0 Å². The molecule has 0 aromatic heterocycles. The van der Waals surface area contributed by atoms with E-state index < -0.39 is 0 Å². The Labute approximate surface area is 115 Å². The molecule has 19 heavy (non-hydrogen) atoms. The maximum Gasteiger partial charge on any atom is 0.209 e. The molecule has 1 heteroatoms. The van der Waals surface area contributed by atoms with Gasteiger partial charge < -0.3 is 0 Å². The van der Waals surface area contributed by atoms with Crippen LogP contribution in [0.3, 0.4) is 0 Å². The fourth-order valence-electron chi connectivity index (χ4n) is 3.15. The van der Waals surface area contributed by atoms with E-state index in [-0.39, 0.29) is 5.41 Å². The van der Waals surface area contributed by atoms with Crippen LogP contribution in [0.25, 0.3) is 0 Å². The Bertz CT molecular complexity index is 664. The summed E-state index contributed by atoms with van der Waals surface area (Å²) in [6, 6.07) is 17.6. The third kappa shape index (κ3) is 1.58. The lowest BCUT2D eigenvalue weighted by atomic mass is 9.74. The topological polar surface area (TPSA) is 3.01 Å². The smallest absolute Gasteiger partial charge is 0.201 e. The molecule has 0 fully saturated rings. The largest absolute Gasteiger partial charge is 0.209 e. The van der Waals surface area contributed by atoms with E-state index in [1.54, 1.807) is 0 Å². The molecule has 0 N–H and O–H groups in total. The average molecular weight is 250 g/mol. The lowest BCUT2D eigenvalue weighted by Crippen LogP contribution is -2.30. The minimum absolute atomic E-state index is 0.0148. The van der Waals surface area contributed by atoms with Crippen molar-refractivity contribution in [3.8, 4) is 0 Å². The van der Waals surface area contributed by atoms with Crippen LogP contribution in [-0.4, -0.2) is 17.3 Å². The van der Waals surface area contributed by atoms with E-state index in [1.807, 2.05) is 0 Å². The molecule has 0 aliphatic carbocycles. The summed E-state index contributed by atoms with van der Waals surface area (Å²) in [6.07, 6.45) is 0. The molecule has 2 aromatic carbocycles. The van der Waals surface area contributed by atoms with Gasteiger partial charge in [0.1, 0.15) is 12.5 Å². The van der Waals surface area contributed by atoms with Crippen LogP contribution in [-0.2, 0) is 5.41 Å². The first kappa shape index (κ1) is 12.2. The van der Waals surface area contributed by atoms with Gasteiger partial charge in [0, 0.05) is 18.6 Å². The second kappa shape index (κ2) is 4.06. The molecular formula is C18H20N+. The SMILES string of the molecule is CC1=[N+](C)c2ccccc2C1(C)c1ccc(C)cc1. The van der Waals surface area contributed by atoms with Gasteiger partial charge in [-0.2, -0.15) is 0 Å². The predicted molar refractivity (Wildman–Crippen MR) is 80.6 cm³/mol. The number of fused-ring (bicyclic) bond motifs is 1. The normalized spacial score (nSPS) is 21.7. The number of nitrogens with zero attached hydrogens (tertiary/aromatic N) is 1. The van der Waals surface area contributed by atoms with Crippen LogP contribution in [0.5, 0.6) is 0 Å². The number of hydrogen-bond acceptors (Lipinski definition) is 0. The molecule has 2 aromatic rings. The highest BCUT2D eigenvalue weighted by Crippen LogP contribution is 2.43. The van der Waals surface area contributed by atoms with Crippen LogP contribution < -0.4 is 0 Å². The lowest BCUT2D eigenvalue weighted by molar-refractivity contribution is -0.402. The van der Waals surface area contributed by atoms with Crippen molar-refractivity contribution >= 4 is 11.4 Å². The monoisotopic (exact) mass is 250 g/mol. The van der Waals surface area contributed by atoms with Crippen molar-refractivity contribution < 1.29 is 4.58 Å². The number of aryl methyl sites for hydroxylation is 1. The summed E-state index contributed by atoms with van der Waals surface area (Å²) in [4.78, 5) is 0. The minimum atomic E-state index is -0.0148. The molecule has 1 unspecified atom stereocenters. The standard InChI is InChI=1S/C18H20N/c1-13-9-11-15(12-10-13)18(3)14(2)19(4)17-8-6-5-7-16(17)18/h5-12H,1-4H3/q+1. The lowest BCUT2D eigenvalue weighted by Gasteiger charge is -2.23. The minimum Gasteiger partial charge on any atom is -0.201 e. The van der Waals surface area contributed by atoms with E-state index in [9.17, 15) is 0 Å². The van der Waals surface area contributed by atoms with E-state index >= 15 is 0 Å². The van der Waals surface area contributed by atoms with Gasteiger partial charge >= 0.3 is 0 Å². The van der Waals surface area contributed by atoms with Crippen molar-refractivity contribution in [1.82, 2.24) is 0 Å². The van der Waals surface area contributed by atoms with E-state index in [4.69, 9.17) is 0 Å². The fourth-order valence-corrected chi connectivity index (χ4v) is 3.15. The van der Waals surface area contributed by atoms with Crippen molar-refractivity contribution in [2.24, 2.45) is 0 Å². The zero-order valence-corrected chi connectivity index (χ0v) is 12.1. The van der Waals surface area contributed by atoms with Crippen molar-refractivity contribution in [2.75, 3.05) is 7.05 Å². The Morgan fingerprint density at radius 2 is 1.53 bits per heavy atom. The summed E-state index contributed by atoms with van der Waals surface area (Å²) < 4.78 is 2.31. The van der Waals surface area contributed by atoms with Crippen molar-refractivity contribution in [2.45, 2.75) is 26.2 Å². The second-order valence-corrected chi connectivity index (χ2v) is 5.65. The maximum absolute atomic E-state index is 2.33. The van der Waals surface area contributed by atoms with Crippen molar-refractivity contribution in [1.29, 1.82) is 0 Å². The highest BCUT2D eigenvalue weighted by atomic mass is 15.0. The van der Waals surface area contributed by atoms with Gasteiger partial charge in [-0.1, -0.05) is 48.0 Å². The van der Waals surface area contributed by atoms with Gasteiger partial charge in [0.05, 0.1) is 0 Å². The zero-order chi connectivity index (χ0) is 13.6. The van der Waals surface area contributed by atoms with Crippen LogP contribution in [0, 0.1) is 6.92 Å². The highest BCUT2D eigenvalue weighted by Gasteiger charge is 2.46. The molecule has 1 aliphatic heterocycles. The molecule has 0 bridgehead atoms. The molecule has 3 rings (SSSR count). The first-order valence-electron chi connectivity index (χ1n) is 6.79. The molecule has 0 spiro atoms. The first-order chi connectivity index (χ1) is 9.05. The Kier molecular flexibility index (Phi) is 2.60. The van der Waals surface area contributed by atoms with Gasteiger partial charge in [0.15, 0.2) is 5.71 Å². The number of hydrogen-bond donors (Lipinski definition) is 0. The van der Waals surface area contributed by atoms with Gasteiger partial charge in [-0.25, -0.2) is 4.58 Å². The fraction of sp³-hybridized carbons (Fsp3) is 0.278. The molecule has 0 radical (unpaired) electrons. The molecule has 1 atom stereocenters. The van der Waals surface area contributed by atoms with Gasteiger partial charge in [-0.15, -0.1) is 0 Å². The summed E-state index contributed by atoms with van der Waals surface area (Å²) in [7, 11) is 2.16. The van der Waals surface area contributed by atoms with Gasteiger partial charge in [0.25, 0.3) is 0 Å². The summed E-state index contributed by atoms with van der Waals surface area (Å²) in [6.45, 7) is 6.70. The summed E-state index contributed by atoms with van der Waals surface area (Å²) in [5, 5.41) is 0. The summed E-state index contributed by atoms with van der Waals surface area (Å²) in [5.41, 5.74) is 6.77. The average Bonchev–Trinajstić information content (AvgIpc) is 2.63. The molecule has 0 saturated carbocycles. The highest BCUT2D eigenvalue weighted by molar-refractivity contribution is 5.97. The van der Waals surface area contributed by atoms with E-state index in [1.165, 1.54) is 28.1 Å². The van der Waals surface area contributed by atoms with Crippen LogP contribution in [0.1, 0.15) is 30.5 Å². The summed E-state index contributed by atoms with van der Waals surface area (Å²) >= 11 is 0. The molecule has 96 valence electrons.